The van der Waals surface area contributed by atoms with E-state index in [0.717, 1.165) is 11.8 Å². The van der Waals surface area contributed by atoms with E-state index < -0.39 is 17.7 Å². The molecular formula is C13H19ClF2N2OS. The second kappa shape index (κ2) is 9.96. The van der Waals surface area contributed by atoms with E-state index in [4.69, 9.17) is 5.73 Å². The molecule has 0 aromatic heterocycles. The van der Waals surface area contributed by atoms with E-state index in [1.165, 1.54) is 12.1 Å². The van der Waals surface area contributed by atoms with E-state index in [2.05, 4.69) is 5.32 Å². The van der Waals surface area contributed by atoms with Crippen molar-refractivity contribution in [2.45, 2.75) is 18.9 Å². The quantitative estimate of drug-likeness (QED) is 0.808. The molecule has 0 unspecified atom stereocenters. The highest BCUT2D eigenvalue weighted by Crippen LogP contribution is 2.08. The third-order valence-electron chi connectivity index (χ3n) is 2.60. The second-order valence-corrected chi connectivity index (χ2v) is 5.19. The van der Waals surface area contributed by atoms with Crippen LogP contribution in [-0.4, -0.2) is 30.5 Å². The van der Waals surface area contributed by atoms with Crippen molar-refractivity contribution in [2.75, 3.05) is 18.6 Å². The van der Waals surface area contributed by atoms with Crippen LogP contribution in [-0.2, 0) is 11.2 Å². The van der Waals surface area contributed by atoms with Crippen molar-refractivity contribution in [1.29, 1.82) is 0 Å². The summed E-state index contributed by atoms with van der Waals surface area (Å²) >= 11 is 1.63. The molecule has 1 aromatic carbocycles. The molecular weight excluding hydrogens is 306 g/mol. The van der Waals surface area contributed by atoms with Gasteiger partial charge >= 0.3 is 0 Å². The van der Waals surface area contributed by atoms with Crippen molar-refractivity contribution in [3.05, 3.63) is 35.4 Å². The van der Waals surface area contributed by atoms with Crippen LogP contribution in [0.25, 0.3) is 0 Å². The number of rotatable bonds is 7. The average molecular weight is 325 g/mol. The molecule has 0 aliphatic carbocycles. The van der Waals surface area contributed by atoms with Crippen LogP contribution in [0.15, 0.2) is 18.2 Å². The Labute approximate surface area is 128 Å². The molecule has 0 aliphatic heterocycles. The minimum Gasteiger partial charge on any atom is -0.354 e. The first-order valence-corrected chi connectivity index (χ1v) is 7.39. The number of amides is 1. The standard InChI is InChI=1S/C13H18F2N2OS.ClH/c1-19-5-3-12(16)13(18)17-4-2-9-6-10(14)8-11(15)7-9;/h6-8,12H,2-5,16H2,1H3,(H,17,18);1H/t12-;/m0./s1. The van der Waals surface area contributed by atoms with Crippen LogP contribution < -0.4 is 11.1 Å². The highest BCUT2D eigenvalue weighted by molar-refractivity contribution is 7.98. The molecule has 0 heterocycles. The third kappa shape index (κ3) is 7.07. The Morgan fingerprint density at radius 2 is 1.95 bits per heavy atom. The predicted octanol–water partition coefficient (Wildman–Crippen LogP) is 2.13. The molecule has 7 heteroatoms. The van der Waals surface area contributed by atoms with Crippen molar-refractivity contribution >= 4 is 30.1 Å². The second-order valence-electron chi connectivity index (χ2n) is 4.21. The summed E-state index contributed by atoms with van der Waals surface area (Å²) in [6.45, 7) is 0.314. The van der Waals surface area contributed by atoms with Crippen LogP contribution in [0.5, 0.6) is 0 Å². The van der Waals surface area contributed by atoms with Crippen molar-refractivity contribution in [2.24, 2.45) is 5.73 Å². The Hall–Kier alpha value is -0.850. The first-order chi connectivity index (χ1) is 9.02. The zero-order chi connectivity index (χ0) is 14.3. The maximum absolute atomic E-state index is 12.9. The van der Waals surface area contributed by atoms with Crippen molar-refractivity contribution in [3.8, 4) is 0 Å². The number of benzene rings is 1. The molecule has 0 fully saturated rings. The van der Waals surface area contributed by atoms with Gasteiger partial charge in [-0.15, -0.1) is 12.4 Å². The number of thioether (sulfide) groups is 1. The lowest BCUT2D eigenvalue weighted by Gasteiger charge is -2.11. The molecule has 0 aliphatic rings. The fraction of sp³-hybridized carbons (Fsp3) is 0.462. The molecule has 1 rings (SSSR count). The van der Waals surface area contributed by atoms with Crippen molar-refractivity contribution in [3.63, 3.8) is 0 Å². The van der Waals surface area contributed by atoms with E-state index in [1.807, 2.05) is 6.26 Å². The fourth-order valence-corrected chi connectivity index (χ4v) is 2.08. The van der Waals surface area contributed by atoms with Crippen LogP contribution in [0, 0.1) is 11.6 Å². The number of carbonyl (C=O) groups excluding carboxylic acids is 1. The van der Waals surface area contributed by atoms with Gasteiger partial charge in [0.05, 0.1) is 6.04 Å². The van der Waals surface area contributed by atoms with Gasteiger partial charge in [-0.3, -0.25) is 4.79 Å². The molecule has 114 valence electrons. The lowest BCUT2D eigenvalue weighted by molar-refractivity contribution is -0.122. The van der Waals surface area contributed by atoms with Crippen LogP contribution in [0.4, 0.5) is 8.78 Å². The van der Waals surface area contributed by atoms with E-state index in [-0.39, 0.29) is 18.3 Å². The molecule has 1 amide bonds. The first kappa shape index (κ1) is 19.1. The van der Waals surface area contributed by atoms with Crippen LogP contribution in [0.2, 0.25) is 0 Å². The van der Waals surface area contributed by atoms with Gasteiger partial charge in [0.25, 0.3) is 0 Å². The fourth-order valence-electron chi connectivity index (χ4n) is 1.59. The summed E-state index contributed by atoms with van der Waals surface area (Å²) in [6, 6.07) is 2.79. The number of hydrogen-bond acceptors (Lipinski definition) is 3. The van der Waals surface area contributed by atoms with Gasteiger partial charge in [0, 0.05) is 12.6 Å². The molecule has 3 N–H and O–H groups in total. The van der Waals surface area contributed by atoms with Gasteiger partial charge in [-0.2, -0.15) is 11.8 Å². The third-order valence-corrected chi connectivity index (χ3v) is 3.25. The maximum atomic E-state index is 12.9. The van der Waals surface area contributed by atoms with Gasteiger partial charge in [0.1, 0.15) is 11.6 Å². The smallest absolute Gasteiger partial charge is 0.236 e. The molecule has 3 nitrogen and oxygen atoms in total. The molecule has 1 aromatic rings. The summed E-state index contributed by atoms with van der Waals surface area (Å²) in [7, 11) is 0. The Kier molecular flexibility index (Phi) is 9.54. The van der Waals surface area contributed by atoms with E-state index in [9.17, 15) is 13.6 Å². The zero-order valence-corrected chi connectivity index (χ0v) is 12.8. The van der Waals surface area contributed by atoms with Gasteiger partial charge in [-0.25, -0.2) is 8.78 Å². The van der Waals surface area contributed by atoms with Gasteiger partial charge in [0.15, 0.2) is 0 Å². The van der Waals surface area contributed by atoms with Crippen LogP contribution in [0.1, 0.15) is 12.0 Å². The number of nitrogens with two attached hydrogens (primary N) is 1. The summed E-state index contributed by atoms with van der Waals surface area (Å²) in [5.41, 5.74) is 6.20. The Bertz CT molecular complexity index is 415. The highest BCUT2D eigenvalue weighted by Gasteiger charge is 2.12. The minimum absolute atomic E-state index is 0. The summed E-state index contributed by atoms with van der Waals surface area (Å²) in [5, 5.41) is 2.66. The van der Waals surface area contributed by atoms with Crippen molar-refractivity contribution < 1.29 is 13.6 Å². The molecule has 0 spiro atoms. The number of carbonyl (C=O) groups is 1. The van der Waals surface area contributed by atoms with Gasteiger partial charge in [0.2, 0.25) is 5.91 Å². The van der Waals surface area contributed by atoms with Crippen LogP contribution >= 0.6 is 24.2 Å². The lowest BCUT2D eigenvalue weighted by atomic mass is 10.1. The van der Waals surface area contributed by atoms with Crippen LogP contribution in [0.3, 0.4) is 0 Å². The molecule has 0 saturated carbocycles. The Morgan fingerprint density at radius 3 is 2.50 bits per heavy atom. The first-order valence-electron chi connectivity index (χ1n) is 6.00. The average Bonchev–Trinajstić information content (AvgIpc) is 2.34. The molecule has 20 heavy (non-hydrogen) atoms. The largest absolute Gasteiger partial charge is 0.354 e. The SMILES string of the molecule is CSCC[C@H](N)C(=O)NCCc1cc(F)cc(F)c1.Cl. The maximum Gasteiger partial charge on any atom is 0.236 e. The number of nitrogens with one attached hydrogen (secondary N) is 1. The molecule has 0 bridgehead atoms. The molecule has 0 saturated heterocycles. The van der Waals surface area contributed by atoms with Crippen molar-refractivity contribution in [1.82, 2.24) is 5.32 Å². The monoisotopic (exact) mass is 324 g/mol. The zero-order valence-electron chi connectivity index (χ0n) is 11.2. The normalized spacial score (nSPS) is 11.6. The van der Waals surface area contributed by atoms with E-state index in [1.54, 1.807) is 11.8 Å². The highest BCUT2D eigenvalue weighted by atomic mass is 35.5. The minimum atomic E-state index is -0.613. The topological polar surface area (TPSA) is 55.1 Å². The summed E-state index contributed by atoms with van der Waals surface area (Å²) in [5.74, 6) is -0.633. The van der Waals surface area contributed by atoms with E-state index >= 15 is 0 Å². The summed E-state index contributed by atoms with van der Waals surface area (Å²) in [4.78, 5) is 11.6. The predicted molar refractivity (Wildman–Crippen MR) is 81.3 cm³/mol. The van der Waals surface area contributed by atoms with Gasteiger partial charge < -0.3 is 11.1 Å². The lowest BCUT2D eigenvalue weighted by Crippen LogP contribution is -2.41. The van der Waals surface area contributed by atoms with Gasteiger partial charge in [-0.1, -0.05) is 0 Å². The summed E-state index contributed by atoms with van der Waals surface area (Å²) < 4.78 is 25.9. The molecule has 0 radical (unpaired) electrons. The van der Waals surface area contributed by atoms with E-state index in [0.29, 0.717) is 24.9 Å². The Morgan fingerprint density at radius 1 is 1.35 bits per heavy atom. The molecule has 1 atom stereocenters. The number of hydrogen-bond donors (Lipinski definition) is 2. The Balaban J connectivity index is 0.00000361. The number of halogens is 3. The summed E-state index contributed by atoms with van der Waals surface area (Å²) in [6.07, 6.45) is 2.93. The van der Waals surface area contributed by atoms with Gasteiger partial charge in [-0.05, 0) is 42.5 Å².